The van der Waals surface area contributed by atoms with E-state index in [1.807, 2.05) is 12.1 Å². The van der Waals surface area contributed by atoms with Gasteiger partial charge in [0.05, 0.1) is 24.1 Å². The van der Waals surface area contributed by atoms with E-state index in [0.29, 0.717) is 18.8 Å². The van der Waals surface area contributed by atoms with Gasteiger partial charge >= 0.3 is 6.03 Å². The molecule has 0 aliphatic carbocycles. The minimum Gasteiger partial charge on any atom is -0.385 e. The predicted molar refractivity (Wildman–Crippen MR) is 90.0 cm³/mol. The van der Waals surface area contributed by atoms with Gasteiger partial charge in [-0.15, -0.1) is 0 Å². The molecular formula is C16H26N4O3. The molecule has 7 heteroatoms. The topological polar surface area (TPSA) is 75.7 Å². The quantitative estimate of drug-likeness (QED) is 0.782. The molecule has 1 saturated heterocycles. The molecule has 0 spiro atoms. The largest absolute Gasteiger partial charge is 0.385 e. The van der Waals surface area contributed by atoms with E-state index >= 15 is 0 Å². The van der Waals surface area contributed by atoms with Gasteiger partial charge in [-0.2, -0.15) is 0 Å². The minimum atomic E-state index is -0.232. The smallest absolute Gasteiger partial charge is 0.319 e. The maximum absolute atomic E-state index is 11.7. The van der Waals surface area contributed by atoms with Crippen molar-refractivity contribution in [1.29, 1.82) is 0 Å². The van der Waals surface area contributed by atoms with E-state index in [4.69, 9.17) is 9.47 Å². The molecule has 23 heavy (non-hydrogen) atoms. The second-order valence-corrected chi connectivity index (χ2v) is 5.79. The lowest BCUT2D eigenvalue weighted by molar-refractivity contribution is -0.00545. The molecule has 1 aromatic rings. The van der Waals surface area contributed by atoms with Crippen molar-refractivity contribution in [2.45, 2.75) is 32.5 Å². The van der Waals surface area contributed by atoms with E-state index in [1.165, 1.54) is 0 Å². The molecule has 0 saturated carbocycles. The van der Waals surface area contributed by atoms with Crippen LogP contribution in [-0.4, -0.2) is 56.6 Å². The third-order valence-electron chi connectivity index (χ3n) is 3.56. The zero-order valence-corrected chi connectivity index (χ0v) is 14.0. The second-order valence-electron chi connectivity index (χ2n) is 5.79. The Morgan fingerprint density at radius 2 is 2.13 bits per heavy atom. The van der Waals surface area contributed by atoms with Crippen molar-refractivity contribution in [2.24, 2.45) is 0 Å². The Labute approximate surface area is 137 Å². The van der Waals surface area contributed by atoms with Crippen molar-refractivity contribution in [3.8, 4) is 0 Å². The Kier molecular flexibility index (Phi) is 6.61. The lowest BCUT2D eigenvalue weighted by Crippen LogP contribution is -2.45. The molecule has 1 aliphatic rings. The van der Waals surface area contributed by atoms with Gasteiger partial charge in [-0.25, -0.2) is 9.78 Å². The third kappa shape index (κ3) is 5.69. The zero-order valence-electron chi connectivity index (χ0n) is 14.0. The highest BCUT2D eigenvalue weighted by atomic mass is 16.5. The van der Waals surface area contributed by atoms with E-state index in [1.54, 1.807) is 13.3 Å². The number of carbonyl (C=O) groups is 1. The van der Waals surface area contributed by atoms with Gasteiger partial charge in [-0.05, 0) is 32.4 Å². The Bertz CT molecular complexity index is 485. The number of anilines is 2. The van der Waals surface area contributed by atoms with Gasteiger partial charge in [-0.3, -0.25) is 0 Å². The molecule has 1 aromatic heterocycles. The first-order valence-electron chi connectivity index (χ1n) is 7.98. The molecule has 2 amide bonds. The Balaban J connectivity index is 1.83. The molecule has 2 unspecified atom stereocenters. The van der Waals surface area contributed by atoms with Gasteiger partial charge < -0.3 is 25.0 Å². The van der Waals surface area contributed by atoms with E-state index < -0.39 is 0 Å². The highest BCUT2D eigenvalue weighted by Gasteiger charge is 2.22. The molecule has 0 aromatic carbocycles. The van der Waals surface area contributed by atoms with Crippen LogP contribution in [0.5, 0.6) is 0 Å². The molecule has 0 bridgehead atoms. The summed E-state index contributed by atoms with van der Waals surface area (Å²) in [6.45, 7) is 6.98. The van der Waals surface area contributed by atoms with Crippen LogP contribution in [0.1, 0.15) is 20.3 Å². The van der Waals surface area contributed by atoms with E-state index in [0.717, 1.165) is 25.3 Å². The van der Waals surface area contributed by atoms with Crippen molar-refractivity contribution in [1.82, 2.24) is 10.3 Å². The fraction of sp³-hybridized carbons (Fsp3) is 0.625. The lowest BCUT2D eigenvalue weighted by Gasteiger charge is -2.36. The number of hydrogen-bond acceptors (Lipinski definition) is 5. The summed E-state index contributed by atoms with van der Waals surface area (Å²) in [6.07, 6.45) is 2.84. The molecular weight excluding hydrogens is 296 g/mol. The molecule has 1 aliphatic heterocycles. The SMILES string of the molecule is COCCCNC(=O)Nc1ccc(N2CC(C)OC(C)C2)nc1. The number of nitrogens with one attached hydrogen (secondary N) is 2. The first-order valence-corrected chi connectivity index (χ1v) is 7.98. The first-order chi connectivity index (χ1) is 11.1. The van der Waals surface area contributed by atoms with Crippen LogP contribution in [0.3, 0.4) is 0 Å². The highest BCUT2D eigenvalue weighted by Crippen LogP contribution is 2.19. The summed E-state index contributed by atoms with van der Waals surface area (Å²) in [5, 5.41) is 5.54. The van der Waals surface area contributed by atoms with Crippen LogP contribution in [-0.2, 0) is 9.47 Å². The number of ether oxygens (including phenoxy) is 2. The van der Waals surface area contributed by atoms with Gasteiger partial charge in [-0.1, -0.05) is 0 Å². The number of carbonyl (C=O) groups excluding carboxylic acids is 1. The number of nitrogens with zero attached hydrogens (tertiary/aromatic N) is 2. The Morgan fingerprint density at radius 1 is 1.39 bits per heavy atom. The Hall–Kier alpha value is -1.86. The number of amides is 2. The molecule has 0 radical (unpaired) electrons. The summed E-state index contributed by atoms with van der Waals surface area (Å²) in [7, 11) is 1.64. The maximum atomic E-state index is 11.7. The summed E-state index contributed by atoms with van der Waals surface area (Å²) in [4.78, 5) is 18.4. The predicted octanol–water partition coefficient (Wildman–Crippen LogP) is 1.85. The maximum Gasteiger partial charge on any atom is 0.319 e. The number of pyridine rings is 1. The summed E-state index contributed by atoms with van der Waals surface area (Å²) < 4.78 is 10.7. The van der Waals surface area contributed by atoms with Crippen molar-refractivity contribution < 1.29 is 14.3 Å². The normalized spacial score (nSPS) is 21.1. The van der Waals surface area contributed by atoms with E-state index in [9.17, 15) is 4.79 Å². The number of methoxy groups -OCH3 is 1. The third-order valence-corrected chi connectivity index (χ3v) is 3.56. The van der Waals surface area contributed by atoms with Crippen LogP contribution in [0.2, 0.25) is 0 Å². The van der Waals surface area contributed by atoms with Crippen LogP contribution >= 0.6 is 0 Å². The molecule has 2 N–H and O–H groups in total. The summed E-state index contributed by atoms with van der Waals surface area (Å²) in [5.74, 6) is 0.901. The number of morpholine rings is 1. The fourth-order valence-electron chi connectivity index (χ4n) is 2.61. The monoisotopic (exact) mass is 322 g/mol. The first kappa shape index (κ1) is 17.5. The van der Waals surface area contributed by atoms with Crippen LogP contribution in [0.15, 0.2) is 18.3 Å². The molecule has 128 valence electrons. The minimum absolute atomic E-state index is 0.191. The van der Waals surface area contributed by atoms with Gasteiger partial charge in [0.25, 0.3) is 0 Å². The zero-order chi connectivity index (χ0) is 16.7. The van der Waals surface area contributed by atoms with Crippen LogP contribution < -0.4 is 15.5 Å². The van der Waals surface area contributed by atoms with Gasteiger partial charge in [0, 0.05) is 33.4 Å². The summed E-state index contributed by atoms with van der Waals surface area (Å²) in [6, 6.07) is 3.55. The van der Waals surface area contributed by atoms with Crippen LogP contribution in [0.4, 0.5) is 16.3 Å². The molecule has 2 atom stereocenters. The van der Waals surface area contributed by atoms with Gasteiger partial charge in [0.1, 0.15) is 5.82 Å². The summed E-state index contributed by atoms with van der Waals surface area (Å²) >= 11 is 0. The number of rotatable bonds is 6. The van der Waals surface area contributed by atoms with Crippen molar-refractivity contribution in [2.75, 3.05) is 43.6 Å². The molecule has 7 nitrogen and oxygen atoms in total. The number of aromatic nitrogens is 1. The van der Waals surface area contributed by atoms with Gasteiger partial charge in [0.15, 0.2) is 0 Å². The van der Waals surface area contributed by atoms with Crippen LogP contribution in [0.25, 0.3) is 0 Å². The van der Waals surface area contributed by atoms with E-state index in [2.05, 4.69) is 34.4 Å². The van der Waals surface area contributed by atoms with Crippen molar-refractivity contribution in [3.05, 3.63) is 18.3 Å². The van der Waals surface area contributed by atoms with Crippen molar-refractivity contribution >= 4 is 17.5 Å². The van der Waals surface area contributed by atoms with Crippen LogP contribution in [0, 0.1) is 0 Å². The second kappa shape index (κ2) is 8.69. The lowest BCUT2D eigenvalue weighted by atomic mass is 10.2. The average Bonchev–Trinajstić information content (AvgIpc) is 2.51. The molecule has 2 heterocycles. The Morgan fingerprint density at radius 3 is 2.74 bits per heavy atom. The standard InChI is InChI=1S/C16H26N4O3/c1-12-10-20(11-13(2)23-12)15-6-5-14(9-18-15)19-16(21)17-7-4-8-22-3/h5-6,9,12-13H,4,7-8,10-11H2,1-3H3,(H2,17,19,21). The molecule has 2 rings (SSSR count). The number of hydrogen-bond donors (Lipinski definition) is 2. The molecule has 1 fully saturated rings. The van der Waals surface area contributed by atoms with E-state index in [-0.39, 0.29) is 18.2 Å². The number of urea groups is 1. The summed E-state index contributed by atoms with van der Waals surface area (Å²) in [5.41, 5.74) is 0.673. The average molecular weight is 322 g/mol. The highest BCUT2D eigenvalue weighted by molar-refractivity contribution is 5.89. The fourth-order valence-corrected chi connectivity index (χ4v) is 2.61. The van der Waals surface area contributed by atoms with Crippen molar-refractivity contribution in [3.63, 3.8) is 0 Å². The van der Waals surface area contributed by atoms with Gasteiger partial charge in [0.2, 0.25) is 0 Å².